The van der Waals surface area contributed by atoms with Gasteiger partial charge >= 0.3 is 6.09 Å². The van der Waals surface area contributed by atoms with Crippen LogP contribution in [0.5, 0.6) is 0 Å². The lowest BCUT2D eigenvalue weighted by atomic mass is 10.2. The molecule has 96 valence electrons. The van der Waals surface area contributed by atoms with E-state index in [1.165, 1.54) is 0 Å². The molecule has 1 amide bonds. The van der Waals surface area contributed by atoms with Crippen molar-refractivity contribution in [3.8, 4) is 0 Å². The quantitative estimate of drug-likeness (QED) is 0.572. The fourth-order valence-electron chi connectivity index (χ4n) is 1.40. The van der Waals surface area contributed by atoms with Crippen LogP contribution in [0.25, 0.3) is 0 Å². The molecule has 0 unspecified atom stereocenters. The third-order valence-electron chi connectivity index (χ3n) is 2.00. The van der Waals surface area contributed by atoms with Crippen LogP contribution < -0.4 is 5.73 Å². The first-order valence-corrected chi connectivity index (χ1v) is 7.58. The fraction of sp³-hybridized carbons (Fsp3) is 0.364. The molecule has 0 spiro atoms. The Morgan fingerprint density at radius 3 is 2.88 bits per heavy atom. The van der Waals surface area contributed by atoms with Crippen LogP contribution in [-0.4, -0.2) is 23.5 Å². The van der Waals surface area contributed by atoms with Gasteiger partial charge in [-0.3, -0.25) is 0 Å². The molecule has 0 aliphatic carbocycles. The van der Waals surface area contributed by atoms with Crippen LogP contribution in [0, 0.1) is 0 Å². The van der Waals surface area contributed by atoms with E-state index in [4.69, 9.17) is 5.73 Å². The number of carbonyl (C=O) groups is 1. The highest BCUT2D eigenvalue weighted by Gasteiger charge is 2.08. The van der Waals surface area contributed by atoms with Gasteiger partial charge in [-0.2, -0.15) is 4.36 Å². The molecule has 1 rings (SSSR count). The average Bonchev–Trinajstić information content (AvgIpc) is 2.15. The minimum absolute atomic E-state index is 0.251. The fourth-order valence-corrected chi connectivity index (χ4v) is 2.77. The Balaban J connectivity index is 2.82. The van der Waals surface area contributed by atoms with E-state index in [-0.39, 0.29) is 6.61 Å². The van der Waals surface area contributed by atoms with Gasteiger partial charge in [0.2, 0.25) is 0 Å². The molecule has 1 aromatic rings. The van der Waals surface area contributed by atoms with Crippen molar-refractivity contribution in [1.82, 2.24) is 0 Å². The van der Waals surface area contributed by atoms with Crippen molar-refractivity contribution in [2.45, 2.75) is 12.7 Å². The predicted molar refractivity (Wildman–Crippen MR) is 71.3 cm³/mol. The number of amides is 1. The molecule has 17 heavy (non-hydrogen) atoms. The number of ether oxygens (including phenoxy) is 1. The van der Waals surface area contributed by atoms with Gasteiger partial charge in [0.05, 0.1) is 6.61 Å². The molecule has 5 nitrogen and oxygen atoms in total. The zero-order chi connectivity index (χ0) is 12.9. The van der Waals surface area contributed by atoms with E-state index in [0.717, 1.165) is 5.56 Å². The zero-order valence-electron chi connectivity index (χ0n) is 9.96. The Labute approximate surface area is 102 Å². The molecular weight excluding hydrogens is 240 g/mol. The maximum Gasteiger partial charge on any atom is 0.439 e. The largest absolute Gasteiger partial charge is 0.448 e. The molecule has 0 fully saturated rings. The first-order chi connectivity index (χ1) is 7.93. The molecule has 0 atom stereocenters. The van der Waals surface area contributed by atoms with Gasteiger partial charge in [0, 0.05) is 11.4 Å². The summed E-state index contributed by atoms with van der Waals surface area (Å²) in [6, 6.07) is 7.16. The summed E-state index contributed by atoms with van der Waals surface area (Å²) in [6.07, 6.45) is 0.849. The van der Waals surface area contributed by atoms with Crippen LogP contribution in [0.15, 0.2) is 28.6 Å². The number of hydrogen-bond donors (Lipinski definition) is 3. The minimum Gasteiger partial charge on any atom is -0.448 e. The smallest absolute Gasteiger partial charge is 0.439 e. The number of nitrogen functional groups attached to an aromatic ring is 1. The van der Waals surface area contributed by atoms with Crippen molar-refractivity contribution in [2.75, 3.05) is 18.6 Å². The molecule has 0 radical (unpaired) electrons. The van der Waals surface area contributed by atoms with Gasteiger partial charge < -0.3 is 15.0 Å². The first-order valence-electron chi connectivity index (χ1n) is 5.25. The summed E-state index contributed by atoms with van der Waals surface area (Å²) < 4.78 is 18.4. The number of nitrogens with zero attached hydrogens (tertiary/aromatic N) is 1. The second kappa shape index (κ2) is 5.79. The summed E-state index contributed by atoms with van der Waals surface area (Å²) >= 11 is 0. The van der Waals surface area contributed by atoms with E-state index in [1.807, 2.05) is 6.07 Å². The third-order valence-corrected chi connectivity index (χ3v) is 3.56. The molecule has 6 heteroatoms. The number of nitrogens with two attached hydrogens (primary N) is 1. The maximum absolute atomic E-state index is 11.2. The molecule has 0 aliphatic rings. The number of anilines is 1. The first kappa shape index (κ1) is 13.7. The Morgan fingerprint density at radius 2 is 2.29 bits per heavy atom. The van der Waals surface area contributed by atoms with Crippen LogP contribution in [0.2, 0.25) is 0 Å². The van der Waals surface area contributed by atoms with Gasteiger partial charge in [-0.25, -0.2) is 4.79 Å². The molecule has 0 bridgehead atoms. The van der Waals surface area contributed by atoms with Gasteiger partial charge in [-0.05, 0) is 30.9 Å². The summed E-state index contributed by atoms with van der Waals surface area (Å²) in [7, 11) is -2.68. The molecular formula is C11H18N2O3S. The minimum atomic E-state index is -2.68. The van der Waals surface area contributed by atoms with E-state index in [2.05, 4.69) is 9.10 Å². The molecule has 1 aromatic carbocycles. The molecule has 0 aliphatic heterocycles. The van der Waals surface area contributed by atoms with Crippen molar-refractivity contribution in [2.24, 2.45) is 4.36 Å². The molecule has 0 saturated heterocycles. The van der Waals surface area contributed by atoms with E-state index in [1.54, 1.807) is 31.4 Å². The van der Waals surface area contributed by atoms with Gasteiger partial charge in [-0.15, -0.1) is 0 Å². The standard InChI is InChI=1S/C11H18N2O3S/c1-3-16-11(14)13-17(2,15)8-9-5-4-6-10(12)7-9/h4-7,17H,3,8,12H2,1-2H3,(H,13,14,15). The van der Waals surface area contributed by atoms with Gasteiger partial charge in [0.15, 0.2) is 0 Å². The lowest BCUT2D eigenvalue weighted by Crippen LogP contribution is -2.14. The van der Waals surface area contributed by atoms with Crippen molar-refractivity contribution in [3.05, 3.63) is 29.8 Å². The zero-order valence-corrected chi connectivity index (χ0v) is 10.9. The Morgan fingerprint density at radius 1 is 1.59 bits per heavy atom. The van der Waals surface area contributed by atoms with Crippen LogP contribution in [0.1, 0.15) is 12.5 Å². The van der Waals surface area contributed by atoms with Gasteiger partial charge in [0.25, 0.3) is 0 Å². The highest BCUT2D eigenvalue weighted by molar-refractivity contribution is 7.98. The summed E-state index contributed by atoms with van der Waals surface area (Å²) in [5, 5.41) is 0. The lowest BCUT2D eigenvalue weighted by molar-refractivity contribution is 0.164. The van der Waals surface area contributed by atoms with E-state index < -0.39 is 16.2 Å². The number of rotatable bonds is 3. The van der Waals surface area contributed by atoms with Crippen molar-refractivity contribution in [1.29, 1.82) is 0 Å². The molecule has 0 aromatic heterocycles. The number of carbonyl (C=O) groups excluding carboxylic acids is 1. The van der Waals surface area contributed by atoms with Gasteiger partial charge in [-0.1, -0.05) is 22.2 Å². The van der Waals surface area contributed by atoms with Crippen molar-refractivity contribution < 1.29 is 14.1 Å². The summed E-state index contributed by atoms with van der Waals surface area (Å²) in [4.78, 5) is 11.2. The summed E-state index contributed by atoms with van der Waals surface area (Å²) in [5.74, 6) is 0.316. The van der Waals surface area contributed by atoms with E-state index in [9.17, 15) is 9.35 Å². The monoisotopic (exact) mass is 258 g/mol. The number of hydrogen-bond acceptors (Lipinski definition) is 3. The normalized spacial score (nSPS) is 11.9. The van der Waals surface area contributed by atoms with Crippen LogP contribution in [0.3, 0.4) is 0 Å². The second-order valence-corrected chi connectivity index (χ2v) is 6.48. The predicted octanol–water partition coefficient (Wildman–Crippen LogP) is 2.10. The summed E-state index contributed by atoms with van der Waals surface area (Å²) in [6.45, 7) is 1.94. The third kappa shape index (κ3) is 4.97. The lowest BCUT2D eigenvalue weighted by Gasteiger charge is -2.17. The van der Waals surface area contributed by atoms with Gasteiger partial charge in [0.1, 0.15) is 0 Å². The Kier molecular flexibility index (Phi) is 4.65. The van der Waals surface area contributed by atoms with Crippen LogP contribution in [-0.2, 0) is 20.6 Å². The topological polar surface area (TPSA) is 84.9 Å². The highest BCUT2D eigenvalue weighted by atomic mass is 32.3. The van der Waals surface area contributed by atoms with Crippen molar-refractivity contribution in [3.63, 3.8) is 0 Å². The number of thiol groups is 1. The SMILES string of the molecule is CCOC(=O)N=[SH](C)(O)Cc1cccc(N)c1. The second-order valence-electron chi connectivity index (χ2n) is 3.79. The molecule has 0 heterocycles. The number of benzene rings is 1. The maximum atomic E-state index is 11.2. The Hall–Kier alpha value is -1.40. The molecule has 0 saturated carbocycles. The van der Waals surface area contributed by atoms with E-state index in [0.29, 0.717) is 11.4 Å². The van der Waals surface area contributed by atoms with Crippen LogP contribution in [0.4, 0.5) is 10.5 Å². The highest BCUT2D eigenvalue weighted by Crippen LogP contribution is 2.14. The Bertz CT molecular complexity index is 454. The average molecular weight is 258 g/mol. The molecule has 3 N–H and O–H groups in total. The van der Waals surface area contributed by atoms with E-state index >= 15 is 0 Å². The van der Waals surface area contributed by atoms with Crippen molar-refractivity contribution >= 4 is 21.9 Å². The summed E-state index contributed by atoms with van der Waals surface area (Å²) in [5.41, 5.74) is 7.12. The van der Waals surface area contributed by atoms with Crippen LogP contribution >= 0.6 is 0 Å².